The molecule has 2 unspecified atom stereocenters. The number of esters is 3. The van der Waals surface area contributed by atoms with Gasteiger partial charge in [-0.1, -0.05) is 41.5 Å². The molecule has 0 spiro atoms. The molecule has 14 nitrogen and oxygen atoms in total. The molecular weight excluding hydrogens is 797 g/mol. The Morgan fingerprint density at radius 2 is 1.07 bits per heavy atom. The Morgan fingerprint density at radius 1 is 0.593 bits per heavy atom. The molecule has 0 heterocycles. The number of hydrogen-bond acceptors (Lipinski definition) is 15. The third kappa shape index (κ3) is 35.5. The van der Waals surface area contributed by atoms with Gasteiger partial charge in [0.25, 0.3) is 0 Å². The number of aliphatic hydroxyl groups excluding tert-OH is 2. The first kappa shape index (κ1) is 57.2. The van der Waals surface area contributed by atoms with Crippen molar-refractivity contribution in [3.05, 3.63) is 0 Å². The Morgan fingerprint density at radius 3 is 1.58 bits per heavy atom. The van der Waals surface area contributed by atoms with E-state index in [1.165, 1.54) is 29.9 Å². The average Bonchev–Trinajstić information content (AvgIpc) is 3.15. The minimum Gasteiger partial charge on any atom is -0.465 e. The zero-order valence-electron chi connectivity index (χ0n) is 38.4. The second-order valence-corrected chi connectivity index (χ2v) is 19.8. The summed E-state index contributed by atoms with van der Waals surface area (Å²) in [6.45, 7) is 25.9. The molecule has 59 heavy (non-hydrogen) atoms. The lowest BCUT2D eigenvalue weighted by Gasteiger charge is -2.27. The van der Waals surface area contributed by atoms with E-state index in [1.54, 1.807) is 0 Å². The molecule has 348 valence electrons. The summed E-state index contributed by atoms with van der Waals surface area (Å²) in [7, 11) is 0. The highest BCUT2D eigenvalue weighted by Gasteiger charge is 2.23. The van der Waals surface area contributed by atoms with Gasteiger partial charge in [-0.15, -0.1) is 0 Å². The van der Waals surface area contributed by atoms with E-state index in [0.29, 0.717) is 79.4 Å². The van der Waals surface area contributed by atoms with Crippen LogP contribution in [-0.4, -0.2) is 163 Å². The van der Waals surface area contributed by atoms with Crippen LogP contribution in [0.1, 0.15) is 121 Å². The number of aliphatic hydroxyl groups is 2. The maximum absolute atomic E-state index is 12.3. The van der Waals surface area contributed by atoms with Crippen LogP contribution in [0, 0.1) is 11.3 Å². The molecule has 0 rings (SSSR count). The van der Waals surface area contributed by atoms with E-state index < -0.39 is 23.7 Å². The lowest BCUT2D eigenvalue weighted by atomic mass is 9.96. The first-order valence-electron chi connectivity index (χ1n) is 21.9. The van der Waals surface area contributed by atoms with Gasteiger partial charge in [-0.25, -0.2) is 4.79 Å². The molecule has 16 heteroatoms. The molecule has 0 aliphatic carbocycles. The number of ether oxygens (including phenoxy) is 4. The molecule has 0 bridgehead atoms. The molecular formula is C43H84N4O10S2. The standard InChI is InChI=1S/C43H84N4O10S2/c1-33(2)13-11-21-46(35(5)6)22-12-14-39(50)54-29-37(48)15-25-58-27-17-40(51)56-31-43(9,10)32-57-41(52)18-28-59-26-16-38(49)30-55-42(53)45-20-24-47(36(7)8)23-19-44-34(3)4/h33-38,44,48-49H,11-32H2,1-10H3,(H,45,53). The minimum absolute atomic E-state index is 0.0269. The first-order valence-corrected chi connectivity index (χ1v) is 24.2. The summed E-state index contributed by atoms with van der Waals surface area (Å²) in [5.41, 5.74) is -0.552. The van der Waals surface area contributed by atoms with Gasteiger partial charge in [0, 0.05) is 67.6 Å². The van der Waals surface area contributed by atoms with Crippen LogP contribution in [-0.2, 0) is 33.3 Å². The Bertz CT molecular complexity index is 1030. The Kier molecular flexibility index (Phi) is 33.7. The second-order valence-electron chi connectivity index (χ2n) is 17.3. The van der Waals surface area contributed by atoms with E-state index in [9.17, 15) is 29.4 Å². The molecule has 1 amide bonds. The minimum atomic E-state index is -0.793. The van der Waals surface area contributed by atoms with E-state index in [2.05, 4.69) is 75.8 Å². The molecule has 0 radical (unpaired) electrons. The van der Waals surface area contributed by atoms with Gasteiger partial charge in [-0.3, -0.25) is 19.3 Å². The summed E-state index contributed by atoms with van der Waals surface area (Å²) in [5, 5.41) is 26.6. The highest BCUT2D eigenvalue weighted by molar-refractivity contribution is 7.99. The fraction of sp³-hybridized carbons (Fsp3) is 0.907. The lowest BCUT2D eigenvalue weighted by molar-refractivity contribution is -0.152. The van der Waals surface area contributed by atoms with Gasteiger partial charge < -0.3 is 44.7 Å². The zero-order valence-corrected chi connectivity index (χ0v) is 40.0. The number of hydrogen-bond donors (Lipinski definition) is 4. The van der Waals surface area contributed by atoms with Crippen molar-refractivity contribution in [1.29, 1.82) is 0 Å². The van der Waals surface area contributed by atoms with Gasteiger partial charge in [0.1, 0.15) is 13.2 Å². The Balaban J connectivity index is 3.97. The summed E-state index contributed by atoms with van der Waals surface area (Å²) < 4.78 is 21.3. The monoisotopic (exact) mass is 881 g/mol. The Labute approximate surface area is 366 Å². The predicted octanol–water partition coefficient (Wildman–Crippen LogP) is 5.75. The highest BCUT2D eigenvalue weighted by Crippen LogP contribution is 2.18. The molecule has 4 N–H and O–H groups in total. The fourth-order valence-electron chi connectivity index (χ4n) is 5.53. The van der Waals surface area contributed by atoms with Crippen molar-refractivity contribution >= 4 is 47.5 Å². The molecule has 0 fully saturated rings. The van der Waals surface area contributed by atoms with Crippen LogP contribution in [0.3, 0.4) is 0 Å². The topological polar surface area (TPSA) is 176 Å². The molecule has 0 saturated carbocycles. The summed E-state index contributed by atoms with van der Waals surface area (Å²) in [5.74, 6) is 1.99. The maximum Gasteiger partial charge on any atom is 0.407 e. The van der Waals surface area contributed by atoms with Crippen molar-refractivity contribution < 1.29 is 48.3 Å². The quantitative estimate of drug-likeness (QED) is 0.0337. The van der Waals surface area contributed by atoms with E-state index in [1.807, 2.05) is 13.8 Å². The van der Waals surface area contributed by atoms with Crippen LogP contribution >= 0.6 is 23.5 Å². The van der Waals surface area contributed by atoms with Gasteiger partial charge in [-0.2, -0.15) is 23.5 Å². The number of nitrogens with zero attached hydrogens (tertiary/aromatic N) is 2. The number of rotatable bonds is 37. The number of nitrogens with one attached hydrogen (secondary N) is 2. The summed E-state index contributed by atoms with van der Waals surface area (Å²) >= 11 is 3.03. The SMILES string of the molecule is CC(C)CCCN(CCCC(=O)OCC(O)CCSCCC(=O)OCC(C)(C)COC(=O)CCSCCC(O)COC(=O)NCCN(CCNC(C)C)C(C)C)C(C)C. The summed E-state index contributed by atoms with van der Waals surface area (Å²) in [4.78, 5) is 53.5. The molecule has 0 saturated heterocycles. The van der Waals surface area contributed by atoms with Crippen LogP contribution in [0.4, 0.5) is 4.79 Å². The third-order valence-corrected chi connectivity index (χ3v) is 11.4. The van der Waals surface area contributed by atoms with Gasteiger partial charge >= 0.3 is 24.0 Å². The summed E-state index contributed by atoms with van der Waals surface area (Å²) in [6.07, 6.45) is 2.62. The second kappa shape index (κ2) is 34.7. The maximum atomic E-state index is 12.3. The Hall–Kier alpha value is -1.82. The van der Waals surface area contributed by atoms with Crippen molar-refractivity contribution in [2.45, 2.75) is 151 Å². The van der Waals surface area contributed by atoms with Crippen molar-refractivity contribution in [3.8, 4) is 0 Å². The number of carbonyl (C=O) groups excluding carboxylic acids is 4. The van der Waals surface area contributed by atoms with Crippen LogP contribution in [0.25, 0.3) is 0 Å². The number of thioether (sulfide) groups is 2. The fourth-order valence-corrected chi connectivity index (χ4v) is 7.43. The number of alkyl carbamates (subject to hydrolysis) is 1. The van der Waals surface area contributed by atoms with Crippen LogP contribution in [0.15, 0.2) is 0 Å². The third-order valence-electron chi connectivity index (χ3n) is 9.32. The van der Waals surface area contributed by atoms with Gasteiger partial charge in [0.05, 0.1) is 38.3 Å². The molecule has 0 aromatic rings. The van der Waals surface area contributed by atoms with Crippen LogP contribution in [0.2, 0.25) is 0 Å². The molecule has 0 aromatic heterocycles. The van der Waals surface area contributed by atoms with Crippen molar-refractivity contribution in [2.75, 3.05) is 88.7 Å². The van der Waals surface area contributed by atoms with E-state index in [4.69, 9.17) is 18.9 Å². The van der Waals surface area contributed by atoms with E-state index in [-0.39, 0.29) is 57.2 Å². The smallest absolute Gasteiger partial charge is 0.407 e. The van der Waals surface area contributed by atoms with Crippen LogP contribution < -0.4 is 10.6 Å². The highest BCUT2D eigenvalue weighted by atomic mass is 32.2. The van der Waals surface area contributed by atoms with Crippen molar-refractivity contribution in [1.82, 2.24) is 20.4 Å². The van der Waals surface area contributed by atoms with E-state index in [0.717, 1.165) is 39.0 Å². The normalized spacial score (nSPS) is 13.1. The lowest BCUT2D eigenvalue weighted by Crippen LogP contribution is -2.43. The molecule has 0 aromatic carbocycles. The van der Waals surface area contributed by atoms with Crippen molar-refractivity contribution in [3.63, 3.8) is 0 Å². The molecule has 2 atom stereocenters. The number of carbonyl (C=O) groups is 4. The van der Waals surface area contributed by atoms with Gasteiger partial charge in [0.15, 0.2) is 0 Å². The van der Waals surface area contributed by atoms with Gasteiger partial charge in [0.2, 0.25) is 0 Å². The largest absolute Gasteiger partial charge is 0.465 e. The first-order chi connectivity index (χ1) is 27.8. The zero-order chi connectivity index (χ0) is 44.6. The number of amides is 1. The van der Waals surface area contributed by atoms with Crippen LogP contribution in [0.5, 0.6) is 0 Å². The van der Waals surface area contributed by atoms with Gasteiger partial charge in [-0.05, 0) is 90.3 Å². The van der Waals surface area contributed by atoms with Crippen molar-refractivity contribution in [2.24, 2.45) is 11.3 Å². The summed E-state index contributed by atoms with van der Waals surface area (Å²) in [6, 6.07) is 1.21. The van der Waals surface area contributed by atoms with E-state index >= 15 is 0 Å². The average molecular weight is 881 g/mol. The molecule has 0 aliphatic rings. The molecule has 0 aliphatic heterocycles. The predicted molar refractivity (Wildman–Crippen MR) is 241 cm³/mol.